The summed E-state index contributed by atoms with van der Waals surface area (Å²) in [5.74, 6) is 2.50. The number of hydrogen-bond donors (Lipinski definition) is 1. The third-order valence-electron chi connectivity index (χ3n) is 12.4. The standard InChI is InChI=1S/C30H48O/c1-19(2)22-18-23(31)25-28(22,6)16-17-29(7)21-10-11-24-26(3,4)13-9-14-27(24,5)20(21)12-15-30(25,29)8/h10,12,19,22-25,31H,9,11,13-18H2,1-8H3/t22-,23-,24-,25+,27-,28-,29-,30+/m1/s1. The zero-order valence-electron chi connectivity index (χ0n) is 21.6. The van der Waals surface area contributed by atoms with Gasteiger partial charge in [0.25, 0.3) is 0 Å². The van der Waals surface area contributed by atoms with Gasteiger partial charge in [-0.1, -0.05) is 74.0 Å². The van der Waals surface area contributed by atoms with Gasteiger partial charge >= 0.3 is 0 Å². The van der Waals surface area contributed by atoms with Crippen LogP contribution in [0.15, 0.2) is 23.3 Å². The number of aliphatic hydroxyl groups excluding tert-OH is 1. The highest BCUT2D eigenvalue weighted by molar-refractivity contribution is 5.49. The maximum Gasteiger partial charge on any atom is 0.0582 e. The van der Waals surface area contributed by atoms with Crippen molar-refractivity contribution in [3.8, 4) is 0 Å². The van der Waals surface area contributed by atoms with E-state index in [0.29, 0.717) is 28.6 Å². The van der Waals surface area contributed by atoms with E-state index in [4.69, 9.17) is 0 Å². The van der Waals surface area contributed by atoms with Crippen molar-refractivity contribution >= 4 is 0 Å². The van der Waals surface area contributed by atoms with Crippen molar-refractivity contribution in [2.75, 3.05) is 0 Å². The molecule has 31 heavy (non-hydrogen) atoms. The Labute approximate surface area is 192 Å². The molecule has 0 aliphatic heterocycles. The monoisotopic (exact) mass is 424 g/mol. The average Bonchev–Trinajstić information content (AvgIpc) is 2.94. The number of allylic oxidation sites excluding steroid dienone is 4. The summed E-state index contributed by atoms with van der Waals surface area (Å²) >= 11 is 0. The Morgan fingerprint density at radius 3 is 2.29 bits per heavy atom. The van der Waals surface area contributed by atoms with Crippen LogP contribution in [0.1, 0.15) is 107 Å². The van der Waals surface area contributed by atoms with E-state index >= 15 is 0 Å². The molecule has 0 saturated heterocycles. The fraction of sp³-hybridized carbons (Fsp3) is 0.867. The number of fused-ring (bicyclic) bond motifs is 7. The minimum atomic E-state index is -0.141. The molecule has 3 saturated carbocycles. The Hall–Kier alpha value is -0.560. The van der Waals surface area contributed by atoms with E-state index in [1.165, 1.54) is 38.5 Å². The third-order valence-corrected chi connectivity index (χ3v) is 12.4. The molecule has 5 aliphatic rings. The van der Waals surface area contributed by atoms with Gasteiger partial charge in [-0.05, 0) is 107 Å². The van der Waals surface area contributed by atoms with E-state index in [9.17, 15) is 5.11 Å². The summed E-state index contributed by atoms with van der Waals surface area (Å²) in [4.78, 5) is 0. The summed E-state index contributed by atoms with van der Waals surface area (Å²) in [6, 6.07) is 0. The van der Waals surface area contributed by atoms with Crippen LogP contribution in [0, 0.1) is 50.7 Å². The molecule has 0 aromatic rings. The van der Waals surface area contributed by atoms with Crippen LogP contribution in [0.4, 0.5) is 0 Å². The lowest BCUT2D eigenvalue weighted by molar-refractivity contribution is -0.129. The number of hydrogen-bond acceptors (Lipinski definition) is 1. The highest BCUT2D eigenvalue weighted by atomic mass is 16.3. The van der Waals surface area contributed by atoms with Crippen LogP contribution >= 0.6 is 0 Å². The van der Waals surface area contributed by atoms with E-state index in [0.717, 1.165) is 18.8 Å². The van der Waals surface area contributed by atoms with Gasteiger partial charge in [-0.2, -0.15) is 0 Å². The van der Waals surface area contributed by atoms with Gasteiger partial charge in [0, 0.05) is 0 Å². The van der Waals surface area contributed by atoms with Crippen molar-refractivity contribution in [1.29, 1.82) is 0 Å². The molecule has 0 aromatic carbocycles. The molecule has 0 aromatic heterocycles. The molecular weight excluding hydrogens is 376 g/mol. The Morgan fingerprint density at radius 2 is 1.61 bits per heavy atom. The highest BCUT2D eigenvalue weighted by Crippen LogP contribution is 2.75. The van der Waals surface area contributed by atoms with Crippen LogP contribution < -0.4 is 0 Å². The van der Waals surface area contributed by atoms with Gasteiger partial charge in [-0.25, -0.2) is 0 Å². The molecule has 5 rings (SSSR count). The van der Waals surface area contributed by atoms with Crippen molar-refractivity contribution in [2.45, 2.75) is 113 Å². The maximum atomic E-state index is 11.5. The highest BCUT2D eigenvalue weighted by Gasteiger charge is 2.68. The molecule has 8 atom stereocenters. The van der Waals surface area contributed by atoms with E-state index < -0.39 is 0 Å². The Morgan fingerprint density at radius 1 is 0.903 bits per heavy atom. The summed E-state index contributed by atoms with van der Waals surface area (Å²) in [7, 11) is 0. The van der Waals surface area contributed by atoms with E-state index in [2.05, 4.69) is 67.5 Å². The first-order valence-corrected chi connectivity index (χ1v) is 13.4. The zero-order chi connectivity index (χ0) is 22.6. The quantitative estimate of drug-likeness (QED) is 0.453. The van der Waals surface area contributed by atoms with Crippen LogP contribution in [-0.2, 0) is 0 Å². The average molecular weight is 425 g/mol. The lowest BCUT2D eigenvalue weighted by Crippen LogP contribution is -2.59. The van der Waals surface area contributed by atoms with Crippen LogP contribution in [0.3, 0.4) is 0 Å². The largest absolute Gasteiger partial charge is 0.393 e. The summed E-state index contributed by atoms with van der Waals surface area (Å²) < 4.78 is 0. The van der Waals surface area contributed by atoms with Gasteiger partial charge < -0.3 is 5.11 Å². The first kappa shape index (κ1) is 22.2. The zero-order valence-corrected chi connectivity index (χ0v) is 21.6. The molecule has 1 N–H and O–H groups in total. The fourth-order valence-corrected chi connectivity index (χ4v) is 10.7. The smallest absolute Gasteiger partial charge is 0.0582 e. The topological polar surface area (TPSA) is 20.2 Å². The van der Waals surface area contributed by atoms with Crippen LogP contribution in [0.5, 0.6) is 0 Å². The molecular formula is C30H48O. The minimum absolute atomic E-state index is 0.141. The second-order valence-corrected chi connectivity index (χ2v) is 14.4. The summed E-state index contributed by atoms with van der Waals surface area (Å²) in [6.07, 6.45) is 15.3. The first-order valence-electron chi connectivity index (χ1n) is 13.4. The predicted molar refractivity (Wildman–Crippen MR) is 131 cm³/mol. The molecule has 1 nitrogen and oxygen atoms in total. The molecule has 174 valence electrons. The van der Waals surface area contributed by atoms with Gasteiger partial charge in [0.05, 0.1) is 6.10 Å². The molecule has 0 heterocycles. The lowest BCUT2D eigenvalue weighted by atomic mass is 9.38. The van der Waals surface area contributed by atoms with Crippen LogP contribution in [0.2, 0.25) is 0 Å². The van der Waals surface area contributed by atoms with Crippen molar-refractivity contribution in [2.24, 2.45) is 50.7 Å². The molecule has 3 fully saturated rings. The molecule has 1 heteroatoms. The lowest BCUT2D eigenvalue weighted by Gasteiger charge is -2.66. The third kappa shape index (κ3) is 2.59. The van der Waals surface area contributed by atoms with E-state index in [1.54, 1.807) is 11.1 Å². The van der Waals surface area contributed by atoms with Gasteiger partial charge in [0.2, 0.25) is 0 Å². The Kier molecular flexibility index (Phi) is 4.68. The Balaban J connectivity index is 1.61. The van der Waals surface area contributed by atoms with E-state index in [1.807, 2.05) is 0 Å². The number of rotatable bonds is 1. The summed E-state index contributed by atoms with van der Waals surface area (Å²) in [6.45, 7) is 20.1. The Bertz CT molecular complexity index is 831. The first-order chi connectivity index (χ1) is 14.3. The molecule has 0 bridgehead atoms. The maximum absolute atomic E-state index is 11.5. The molecule has 5 aliphatic carbocycles. The van der Waals surface area contributed by atoms with Gasteiger partial charge in [0.1, 0.15) is 0 Å². The van der Waals surface area contributed by atoms with Crippen molar-refractivity contribution in [1.82, 2.24) is 0 Å². The molecule has 0 unspecified atom stereocenters. The second-order valence-electron chi connectivity index (χ2n) is 14.4. The van der Waals surface area contributed by atoms with Crippen LogP contribution in [0.25, 0.3) is 0 Å². The van der Waals surface area contributed by atoms with Crippen molar-refractivity contribution < 1.29 is 5.11 Å². The summed E-state index contributed by atoms with van der Waals surface area (Å²) in [5, 5.41) is 11.5. The molecule has 0 amide bonds. The van der Waals surface area contributed by atoms with Crippen molar-refractivity contribution in [3.63, 3.8) is 0 Å². The SMILES string of the molecule is CC(C)[C@H]1C[C@@H](O)[C@H]2[C@]1(C)CC[C@]1(C)C3=CC[C@@H]4C(C)(C)CCC[C@]4(C)C3=CC[C@@]21C. The number of aliphatic hydroxyl groups is 1. The van der Waals surface area contributed by atoms with Gasteiger partial charge in [-0.3, -0.25) is 0 Å². The minimum Gasteiger partial charge on any atom is -0.393 e. The van der Waals surface area contributed by atoms with Gasteiger partial charge in [0.15, 0.2) is 0 Å². The van der Waals surface area contributed by atoms with E-state index in [-0.39, 0.29) is 22.3 Å². The normalized spacial score (nSPS) is 53.1. The summed E-state index contributed by atoms with van der Waals surface area (Å²) in [5.41, 5.74) is 4.82. The predicted octanol–water partition coefficient (Wildman–Crippen LogP) is 7.94. The molecule has 0 radical (unpaired) electrons. The fourth-order valence-electron chi connectivity index (χ4n) is 10.7. The second kappa shape index (κ2) is 6.52. The van der Waals surface area contributed by atoms with Crippen molar-refractivity contribution in [3.05, 3.63) is 23.3 Å². The molecule has 0 spiro atoms. The van der Waals surface area contributed by atoms with Crippen LogP contribution in [-0.4, -0.2) is 11.2 Å². The van der Waals surface area contributed by atoms with Gasteiger partial charge in [-0.15, -0.1) is 0 Å².